The van der Waals surface area contributed by atoms with Crippen molar-refractivity contribution >= 4 is 23.5 Å². The van der Waals surface area contributed by atoms with Crippen LogP contribution in [-0.2, 0) is 19.1 Å². The Morgan fingerprint density at radius 1 is 1.06 bits per heavy atom. The third-order valence-corrected chi connectivity index (χ3v) is 5.02. The molecule has 6 nitrogen and oxygen atoms in total. The minimum Gasteiger partial charge on any atom is -0.463 e. The van der Waals surface area contributed by atoms with Gasteiger partial charge >= 0.3 is 5.97 Å². The second-order valence-corrected chi connectivity index (χ2v) is 7.06. The summed E-state index contributed by atoms with van der Waals surface area (Å²) in [5, 5.41) is 2.60. The van der Waals surface area contributed by atoms with E-state index in [4.69, 9.17) is 4.74 Å². The molecule has 162 valence electrons. The second-order valence-electron chi connectivity index (χ2n) is 7.06. The topological polar surface area (TPSA) is 75.7 Å². The smallest absolute Gasteiger partial charge is 0.336 e. The number of carbonyl (C=O) groups excluding carboxylic acids is 3. The lowest BCUT2D eigenvalue weighted by atomic mass is 9.83. The summed E-state index contributed by atoms with van der Waals surface area (Å²) in [7, 11) is 0. The maximum Gasteiger partial charge on any atom is 0.336 e. The van der Waals surface area contributed by atoms with E-state index in [1.165, 1.54) is 53.4 Å². The lowest BCUT2D eigenvalue weighted by Crippen LogP contribution is -2.42. The molecule has 31 heavy (non-hydrogen) atoms. The molecule has 1 aliphatic heterocycles. The van der Waals surface area contributed by atoms with Crippen molar-refractivity contribution in [3.8, 4) is 0 Å². The molecule has 0 spiro atoms. The molecule has 0 bridgehead atoms. The van der Waals surface area contributed by atoms with Crippen molar-refractivity contribution in [3.05, 3.63) is 77.0 Å². The normalized spacial score (nSPS) is 16.3. The van der Waals surface area contributed by atoms with E-state index in [1.807, 2.05) is 0 Å². The van der Waals surface area contributed by atoms with Crippen LogP contribution in [0.4, 0.5) is 14.5 Å². The summed E-state index contributed by atoms with van der Waals surface area (Å²) in [5.41, 5.74) is 1.54. The van der Waals surface area contributed by atoms with Crippen LogP contribution in [0.15, 0.2) is 59.8 Å². The van der Waals surface area contributed by atoms with Gasteiger partial charge in [0, 0.05) is 23.7 Å². The molecule has 1 aliphatic rings. The fourth-order valence-corrected chi connectivity index (χ4v) is 3.53. The SMILES string of the molecule is CCOC(=O)C1=C(C)N(CC(=O)Nc2ccc(F)cc2)C(=O)CC1c1ccc(F)cc1. The summed E-state index contributed by atoms with van der Waals surface area (Å²) in [5.74, 6) is -2.91. The minimum atomic E-state index is -0.608. The lowest BCUT2D eigenvalue weighted by Gasteiger charge is -2.34. The number of nitrogens with zero attached hydrogens (tertiary/aromatic N) is 1. The van der Waals surface area contributed by atoms with Gasteiger partial charge in [0.2, 0.25) is 11.8 Å². The Hall–Kier alpha value is -3.55. The van der Waals surface area contributed by atoms with Gasteiger partial charge in [0.05, 0.1) is 12.2 Å². The first-order valence-electron chi connectivity index (χ1n) is 9.79. The van der Waals surface area contributed by atoms with Gasteiger partial charge in [0.1, 0.15) is 18.2 Å². The van der Waals surface area contributed by atoms with E-state index in [0.717, 1.165) is 0 Å². The number of esters is 1. The zero-order chi connectivity index (χ0) is 22.5. The molecular weight excluding hydrogens is 406 g/mol. The molecule has 0 fully saturated rings. The van der Waals surface area contributed by atoms with Crippen molar-refractivity contribution in [2.45, 2.75) is 26.2 Å². The van der Waals surface area contributed by atoms with Crippen LogP contribution >= 0.6 is 0 Å². The molecule has 0 saturated heterocycles. The Morgan fingerprint density at radius 2 is 1.65 bits per heavy atom. The molecule has 0 aliphatic carbocycles. The van der Waals surface area contributed by atoms with E-state index < -0.39 is 29.4 Å². The Labute approximate surface area is 178 Å². The number of hydrogen-bond donors (Lipinski definition) is 1. The number of hydrogen-bond acceptors (Lipinski definition) is 4. The molecule has 2 amide bonds. The monoisotopic (exact) mass is 428 g/mol. The van der Waals surface area contributed by atoms with Gasteiger partial charge in [-0.25, -0.2) is 13.6 Å². The third-order valence-electron chi connectivity index (χ3n) is 5.02. The number of rotatable bonds is 6. The van der Waals surface area contributed by atoms with Crippen LogP contribution in [0.5, 0.6) is 0 Å². The summed E-state index contributed by atoms with van der Waals surface area (Å²) in [4.78, 5) is 39.2. The van der Waals surface area contributed by atoms with Crippen molar-refractivity contribution in [1.29, 1.82) is 0 Å². The quantitative estimate of drug-likeness (QED) is 0.711. The number of carbonyl (C=O) groups is 3. The molecule has 0 radical (unpaired) electrons. The number of amides is 2. The summed E-state index contributed by atoms with van der Waals surface area (Å²) < 4.78 is 31.6. The van der Waals surface area contributed by atoms with Crippen molar-refractivity contribution in [2.24, 2.45) is 0 Å². The summed E-state index contributed by atoms with van der Waals surface area (Å²) in [6.07, 6.45) is -0.0685. The highest BCUT2D eigenvalue weighted by molar-refractivity contribution is 5.99. The Kier molecular flexibility index (Phi) is 6.79. The van der Waals surface area contributed by atoms with E-state index in [1.54, 1.807) is 13.8 Å². The number of halogens is 2. The molecule has 8 heteroatoms. The van der Waals surface area contributed by atoms with Gasteiger partial charge in [0.25, 0.3) is 0 Å². The first-order chi connectivity index (χ1) is 14.8. The average molecular weight is 428 g/mol. The van der Waals surface area contributed by atoms with Crippen LogP contribution in [0.3, 0.4) is 0 Å². The highest BCUT2D eigenvalue weighted by Crippen LogP contribution is 2.37. The molecular formula is C23H22F2N2O4. The van der Waals surface area contributed by atoms with Gasteiger partial charge in [-0.15, -0.1) is 0 Å². The van der Waals surface area contributed by atoms with Crippen LogP contribution < -0.4 is 5.32 Å². The second kappa shape index (κ2) is 9.51. The predicted molar refractivity (Wildman–Crippen MR) is 110 cm³/mol. The van der Waals surface area contributed by atoms with E-state index in [9.17, 15) is 23.2 Å². The molecule has 1 unspecified atom stereocenters. The summed E-state index contributed by atoms with van der Waals surface area (Å²) >= 11 is 0. The van der Waals surface area contributed by atoms with Crippen LogP contribution in [-0.4, -0.2) is 35.8 Å². The van der Waals surface area contributed by atoms with Gasteiger partial charge in [-0.05, 0) is 55.8 Å². The van der Waals surface area contributed by atoms with E-state index >= 15 is 0 Å². The molecule has 0 aromatic heterocycles. The number of benzene rings is 2. The average Bonchev–Trinajstić information content (AvgIpc) is 2.73. The Morgan fingerprint density at radius 3 is 2.23 bits per heavy atom. The van der Waals surface area contributed by atoms with E-state index in [-0.39, 0.29) is 31.1 Å². The molecule has 0 saturated carbocycles. The predicted octanol–water partition coefficient (Wildman–Crippen LogP) is 3.76. The third kappa shape index (κ3) is 5.14. The zero-order valence-electron chi connectivity index (χ0n) is 17.2. The minimum absolute atomic E-state index is 0.0685. The summed E-state index contributed by atoms with van der Waals surface area (Å²) in [6.45, 7) is 3.07. The molecule has 2 aromatic rings. The van der Waals surface area contributed by atoms with Crippen molar-refractivity contribution in [2.75, 3.05) is 18.5 Å². The maximum atomic E-state index is 13.3. The molecule has 1 atom stereocenters. The highest BCUT2D eigenvalue weighted by Gasteiger charge is 2.37. The van der Waals surface area contributed by atoms with Gasteiger partial charge in [-0.3, -0.25) is 9.59 Å². The van der Waals surface area contributed by atoms with Gasteiger partial charge < -0.3 is 15.0 Å². The van der Waals surface area contributed by atoms with Crippen molar-refractivity contribution in [1.82, 2.24) is 4.90 Å². The molecule has 3 rings (SSSR count). The summed E-state index contributed by atoms with van der Waals surface area (Å²) in [6, 6.07) is 10.8. The number of ether oxygens (including phenoxy) is 1. The maximum absolute atomic E-state index is 13.3. The van der Waals surface area contributed by atoms with Crippen molar-refractivity contribution < 1.29 is 27.9 Å². The standard InChI is InChI=1S/C23H22F2N2O4/c1-3-31-23(30)22-14(2)27(13-20(28)26-18-10-8-17(25)9-11-18)21(29)12-19(22)15-4-6-16(24)7-5-15/h4-11,19H,3,12-13H2,1-2H3,(H,26,28). The van der Waals surface area contributed by atoms with Crippen molar-refractivity contribution in [3.63, 3.8) is 0 Å². The largest absolute Gasteiger partial charge is 0.463 e. The van der Waals surface area contributed by atoms with Gasteiger partial charge in [-0.2, -0.15) is 0 Å². The van der Waals surface area contributed by atoms with Crippen LogP contribution in [0.1, 0.15) is 31.7 Å². The molecule has 1 heterocycles. The zero-order valence-corrected chi connectivity index (χ0v) is 17.2. The van der Waals surface area contributed by atoms with E-state index in [0.29, 0.717) is 16.9 Å². The fourth-order valence-electron chi connectivity index (χ4n) is 3.53. The first-order valence-corrected chi connectivity index (χ1v) is 9.79. The fraction of sp³-hybridized carbons (Fsp3) is 0.261. The van der Waals surface area contributed by atoms with Gasteiger partial charge in [-0.1, -0.05) is 12.1 Å². The lowest BCUT2D eigenvalue weighted by molar-refractivity contribution is -0.140. The number of nitrogens with one attached hydrogen (secondary N) is 1. The Bertz CT molecular complexity index is 1020. The van der Waals surface area contributed by atoms with Gasteiger partial charge in [0.15, 0.2) is 0 Å². The number of anilines is 1. The van der Waals surface area contributed by atoms with Crippen LogP contribution in [0, 0.1) is 11.6 Å². The highest BCUT2D eigenvalue weighted by atomic mass is 19.1. The van der Waals surface area contributed by atoms with Crippen LogP contribution in [0.2, 0.25) is 0 Å². The Balaban J connectivity index is 1.88. The van der Waals surface area contributed by atoms with Crippen LogP contribution in [0.25, 0.3) is 0 Å². The molecule has 2 aromatic carbocycles. The number of allylic oxidation sites excluding steroid dienone is 1. The molecule has 1 N–H and O–H groups in total. The van der Waals surface area contributed by atoms with E-state index in [2.05, 4.69) is 5.32 Å². The first kappa shape index (κ1) is 22.1.